The predicted molar refractivity (Wildman–Crippen MR) is 89.0 cm³/mol. The molecule has 7 heteroatoms. The highest BCUT2D eigenvalue weighted by Gasteiger charge is 2.15. The molecule has 0 aliphatic rings. The van der Waals surface area contributed by atoms with Crippen LogP contribution in [0, 0.1) is 5.82 Å². The van der Waals surface area contributed by atoms with E-state index in [4.69, 9.17) is 16.1 Å². The number of rotatable bonds is 3. The molecule has 1 heterocycles. The maximum absolute atomic E-state index is 13.7. The molecular formula is C16H9BrClFN2O2. The zero-order valence-corrected chi connectivity index (χ0v) is 13.9. The van der Waals surface area contributed by atoms with Crippen molar-refractivity contribution in [3.05, 3.63) is 69.5 Å². The highest BCUT2D eigenvalue weighted by molar-refractivity contribution is 9.10. The monoisotopic (exact) mass is 394 g/mol. The number of benzene rings is 2. The minimum Gasteiger partial charge on any atom is -0.355 e. The molecule has 3 aromatic rings. The summed E-state index contributed by atoms with van der Waals surface area (Å²) in [7, 11) is 0. The largest absolute Gasteiger partial charge is 0.355 e. The van der Waals surface area contributed by atoms with Crippen molar-refractivity contribution < 1.29 is 13.7 Å². The quantitative estimate of drug-likeness (QED) is 0.667. The molecule has 0 radical (unpaired) electrons. The predicted octanol–water partition coefficient (Wildman–Crippen LogP) is 5.15. The third-order valence-electron chi connectivity index (χ3n) is 3.05. The first-order valence-electron chi connectivity index (χ1n) is 6.52. The molecule has 4 nitrogen and oxygen atoms in total. The maximum Gasteiger partial charge on any atom is 0.277 e. The smallest absolute Gasteiger partial charge is 0.277 e. The second kappa shape index (κ2) is 6.52. The lowest BCUT2D eigenvalue weighted by Gasteiger charge is -2.04. The first-order valence-corrected chi connectivity index (χ1v) is 7.69. The number of hydrogen-bond donors (Lipinski definition) is 1. The van der Waals surface area contributed by atoms with Gasteiger partial charge >= 0.3 is 0 Å². The van der Waals surface area contributed by atoms with Gasteiger partial charge in [0.05, 0.1) is 5.69 Å². The number of halogens is 3. The number of hydrogen-bond acceptors (Lipinski definition) is 3. The Bertz CT molecular complexity index is 865. The molecule has 0 aliphatic heterocycles. The van der Waals surface area contributed by atoms with Crippen LogP contribution in [0.2, 0.25) is 5.02 Å². The lowest BCUT2D eigenvalue weighted by Crippen LogP contribution is -2.13. The van der Waals surface area contributed by atoms with E-state index in [2.05, 4.69) is 26.4 Å². The van der Waals surface area contributed by atoms with Gasteiger partial charge in [-0.15, -0.1) is 0 Å². The molecule has 23 heavy (non-hydrogen) atoms. The third kappa shape index (κ3) is 3.60. The second-order valence-corrected chi connectivity index (χ2v) is 6.01. The molecule has 0 fully saturated rings. The highest BCUT2D eigenvalue weighted by Crippen LogP contribution is 2.23. The van der Waals surface area contributed by atoms with Gasteiger partial charge < -0.3 is 9.84 Å². The number of nitrogens with one attached hydrogen (secondary N) is 1. The number of carbonyl (C=O) groups is 1. The van der Waals surface area contributed by atoms with Gasteiger partial charge in [0.25, 0.3) is 5.91 Å². The van der Waals surface area contributed by atoms with Crippen molar-refractivity contribution >= 4 is 39.1 Å². The number of amides is 1. The van der Waals surface area contributed by atoms with Gasteiger partial charge in [0, 0.05) is 21.1 Å². The van der Waals surface area contributed by atoms with Crippen LogP contribution in [0.25, 0.3) is 11.3 Å². The van der Waals surface area contributed by atoms with Crippen molar-refractivity contribution in [1.82, 2.24) is 5.16 Å². The Balaban J connectivity index is 1.79. The topological polar surface area (TPSA) is 55.1 Å². The van der Waals surface area contributed by atoms with Crippen LogP contribution >= 0.6 is 27.5 Å². The Labute approximate surface area is 144 Å². The van der Waals surface area contributed by atoms with Crippen molar-refractivity contribution in [2.75, 3.05) is 5.32 Å². The average molecular weight is 396 g/mol. The summed E-state index contributed by atoms with van der Waals surface area (Å²) >= 11 is 8.97. The van der Waals surface area contributed by atoms with Gasteiger partial charge in [-0.25, -0.2) is 4.39 Å². The molecule has 0 aliphatic carbocycles. The van der Waals surface area contributed by atoms with Gasteiger partial charge in [-0.05, 0) is 42.5 Å². The highest BCUT2D eigenvalue weighted by atomic mass is 79.9. The van der Waals surface area contributed by atoms with Gasteiger partial charge in [-0.1, -0.05) is 32.7 Å². The molecule has 116 valence electrons. The van der Waals surface area contributed by atoms with Crippen molar-refractivity contribution in [3.63, 3.8) is 0 Å². The standard InChI is InChI=1S/C16H9BrClFN2O2/c17-10-3-6-13(12(19)7-10)20-16(22)14-8-15(23-21-14)9-1-4-11(18)5-2-9/h1-8H,(H,20,22). The van der Waals surface area contributed by atoms with E-state index in [1.807, 2.05) is 0 Å². The molecule has 0 bridgehead atoms. The summed E-state index contributed by atoms with van der Waals surface area (Å²) in [6, 6.07) is 12.7. The summed E-state index contributed by atoms with van der Waals surface area (Å²) in [5.74, 6) is -0.688. The van der Waals surface area contributed by atoms with Gasteiger partial charge in [0.2, 0.25) is 0 Å². The molecule has 2 aromatic carbocycles. The van der Waals surface area contributed by atoms with Crippen LogP contribution in [0.4, 0.5) is 10.1 Å². The van der Waals surface area contributed by atoms with Gasteiger partial charge in [0.15, 0.2) is 11.5 Å². The van der Waals surface area contributed by atoms with Gasteiger partial charge in [-0.2, -0.15) is 0 Å². The van der Waals surface area contributed by atoms with E-state index in [1.54, 1.807) is 30.3 Å². The van der Waals surface area contributed by atoms with Crippen LogP contribution in [-0.4, -0.2) is 11.1 Å². The molecular weight excluding hydrogens is 387 g/mol. The van der Waals surface area contributed by atoms with Crippen molar-refractivity contribution in [1.29, 1.82) is 0 Å². The average Bonchev–Trinajstić information content (AvgIpc) is 3.01. The molecule has 1 aromatic heterocycles. The van der Waals surface area contributed by atoms with E-state index < -0.39 is 11.7 Å². The van der Waals surface area contributed by atoms with Crippen LogP contribution in [-0.2, 0) is 0 Å². The summed E-state index contributed by atoms with van der Waals surface area (Å²) in [5, 5.41) is 6.75. The molecule has 0 saturated heterocycles. The summed E-state index contributed by atoms with van der Waals surface area (Å²) in [6.07, 6.45) is 0. The van der Waals surface area contributed by atoms with Crippen molar-refractivity contribution in [2.45, 2.75) is 0 Å². The fourth-order valence-corrected chi connectivity index (χ4v) is 2.37. The lowest BCUT2D eigenvalue weighted by molar-refractivity contribution is 0.101. The van der Waals surface area contributed by atoms with Crippen LogP contribution < -0.4 is 5.32 Å². The first-order chi connectivity index (χ1) is 11.0. The number of carbonyl (C=O) groups excluding carboxylic acids is 1. The maximum atomic E-state index is 13.7. The van der Waals surface area contributed by atoms with E-state index in [-0.39, 0.29) is 11.4 Å². The number of nitrogens with zero attached hydrogens (tertiary/aromatic N) is 1. The van der Waals surface area contributed by atoms with Crippen LogP contribution in [0.3, 0.4) is 0 Å². The minimum absolute atomic E-state index is 0.0530. The molecule has 1 N–H and O–H groups in total. The molecule has 0 unspecified atom stereocenters. The van der Waals surface area contributed by atoms with Crippen LogP contribution in [0.15, 0.2) is 57.5 Å². The lowest BCUT2D eigenvalue weighted by atomic mass is 10.1. The molecule has 0 atom stereocenters. The fraction of sp³-hybridized carbons (Fsp3) is 0. The zero-order chi connectivity index (χ0) is 16.4. The third-order valence-corrected chi connectivity index (χ3v) is 3.80. The Morgan fingerprint density at radius 1 is 1.17 bits per heavy atom. The molecule has 1 amide bonds. The number of anilines is 1. The summed E-state index contributed by atoms with van der Waals surface area (Å²) in [4.78, 5) is 12.1. The van der Waals surface area contributed by atoms with Crippen LogP contribution in [0.5, 0.6) is 0 Å². The number of aromatic nitrogens is 1. The Morgan fingerprint density at radius 2 is 1.91 bits per heavy atom. The van der Waals surface area contributed by atoms with E-state index in [1.165, 1.54) is 18.2 Å². The van der Waals surface area contributed by atoms with Crippen LogP contribution in [0.1, 0.15) is 10.5 Å². The summed E-state index contributed by atoms with van der Waals surface area (Å²) in [6.45, 7) is 0. The van der Waals surface area contributed by atoms with Gasteiger partial charge in [-0.3, -0.25) is 4.79 Å². The van der Waals surface area contributed by atoms with Crippen molar-refractivity contribution in [3.8, 4) is 11.3 Å². The Hall–Kier alpha value is -2.18. The van der Waals surface area contributed by atoms with E-state index >= 15 is 0 Å². The second-order valence-electron chi connectivity index (χ2n) is 4.66. The van der Waals surface area contributed by atoms with E-state index in [0.29, 0.717) is 15.3 Å². The van der Waals surface area contributed by atoms with Crippen molar-refractivity contribution in [2.24, 2.45) is 0 Å². The molecule has 3 rings (SSSR count). The Morgan fingerprint density at radius 3 is 2.61 bits per heavy atom. The Kier molecular flexibility index (Phi) is 4.45. The minimum atomic E-state index is -0.560. The van der Waals surface area contributed by atoms with E-state index in [0.717, 1.165) is 5.56 Å². The molecule has 0 spiro atoms. The van der Waals surface area contributed by atoms with Gasteiger partial charge in [0.1, 0.15) is 5.82 Å². The SMILES string of the molecule is O=C(Nc1ccc(Br)cc1F)c1cc(-c2ccc(Cl)cc2)on1. The fourth-order valence-electron chi connectivity index (χ4n) is 1.91. The normalized spacial score (nSPS) is 10.6. The molecule has 0 saturated carbocycles. The van der Waals surface area contributed by atoms with E-state index in [9.17, 15) is 9.18 Å². The summed E-state index contributed by atoms with van der Waals surface area (Å²) in [5.41, 5.74) is 0.849. The first kappa shape index (κ1) is 15.7. The zero-order valence-electron chi connectivity index (χ0n) is 11.5. The summed E-state index contributed by atoms with van der Waals surface area (Å²) < 4.78 is 19.5.